The summed E-state index contributed by atoms with van der Waals surface area (Å²) in [6, 6.07) is 3.67. The van der Waals surface area contributed by atoms with Gasteiger partial charge in [0.2, 0.25) is 0 Å². The van der Waals surface area contributed by atoms with Gasteiger partial charge in [-0.15, -0.1) is 0 Å². The van der Waals surface area contributed by atoms with Gasteiger partial charge in [-0.2, -0.15) is 15.5 Å². The Morgan fingerprint density at radius 3 is 2.17 bits per heavy atom. The van der Waals surface area contributed by atoms with Crippen LogP contribution in [0.25, 0.3) is 0 Å². The number of fused-ring (bicyclic) bond motifs is 1. The lowest BCUT2D eigenvalue weighted by molar-refractivity contribution is -0.131. The number of ketones is 1. The number of carbonyl (C=O) groups is 2. The van der Waals surface area contributed by atoms with Crippen LogP contribution < -0.4 is 5.73 Å². The highest BCUT2D eigenvalue weighted by molar-refractivity contribution is 6.22. The highest BCUT2D eigenvalue weighted by atomic mass is 16.2. The Morgan fingerprint density at radius 1 is 1.33 bits per heavy atom. The van der Waals surface area contributed by atoms with E-state index in [4.69, 9.17) is 5.73 Å². The number of carbonyl (C=O) groups excluding carboxylic acids is 2. The summed E-state index contributed by atoms with van der Waals surface area (Å²) in [5, 5.41) is 18.5. The van der Waals surface area contributed by atoms with E-state index in [0.29, 0.717) is 0 Å². The summed E-state index contributed by atoms with van der Waals surface area (Å²) < 4.78 is 0. The van der Waals surface area contributed by atoms with Crippen molar-refractivity contribution in [3.05, 3.63) is 0 Å². The van der Waals surface area contributed by atoms with Crippen LogP contribution in [0.3, 0.4) is 0 Å². The van der Waals surface area contributed by atoms with E-state index in [9.17, 15) is 20.1 Å². The summed E-state index contributed by atoms with van der Waals surface area (Å²) in [7, 11) is 0. The molecule has 18 heavy (non-hydrogen) atoms. The summed E-state index contributed by atoms with van der Waals surface area (Å²) in [5.41, 5.74) is 1.59. The van der Waals surface area contributed by atoms with Gasteiger partial charge in [-0.3, -0.25) is 9.59 Å². The predicted molar refractivity (Wildman–Crippen MR) is 60.7 cm³/mol. The second-order valence-corrected chi connectivity index (χ2v) is 5.69. The van der Waals surface area contributed by atoms with E-state index in [1.807, 2.05) is 6.07 Å². The van der Waals surface area contributed by atoms with E-state index in [-0.39, 0.29) is 11.6 Å². The van der Waals surface area contributed by atoms with Crippen molar-refractivity contribution in [3.63, 3.8) is 0 Å². The van der Waals surface area contributed by atoms with Gasteiger partial charge in [-0.05, 0) is 0 Å². The smallest absolute Gasteiger partial charge is 0.270 e. The van der Waals surface area contributed by atoms with Gasteiger partial charge in [-0.25, -0.2) is 0 Å². The topological polar surface area (TPSA) is 120 Å². The number of nitrogens with two attached hydrogens (primary N) is 1. The Balaban J connectivity index is 2.60. The van der Waals surface area contributed by atoms with Crippen molar-refractivity contribution < 1.29 is 9.59 Å². The molecule has 1 fully saturated rings. The molecule has 3 atom stereocenters. The van der Waals surface area contributed by atoms with Crippen LogP contribution in [0, 0.1) is 44.8 Å². The monoisotopic (exact) mass is 244 g/mol. The Kier molecular flexibility index (Phi) is 2.02. The molecule has 2 N–H and O–H groups in total. The van der Waals surface area contributed by atoms with Crippen LogP contribution in [0.5, 0.6) is 0 Å². The van der Waals surface area contributed by atoms with Crippen molar-refractivity contribution in [2.24, 2.45) is 32.9 Å². The fraction of sp³-hybridized carbons (Fsp3) is 0.583. The van der Waals surface area contributed by atoms with Crippen molar-refractivity contribution in [2.45, 2.75) is 20.8 Å². The van der Waals surface area contributed by atoms with Crippen LogP contribution in [-0.2, 0) is 9.59 Å². The van der Waals surface area contributed by atoms with E-state index in [2.05, 4.69) is 4.99 Å². The molecule has 92 valence electrons. The third kappa shape index (κ3) is 0.948. The van der Waals surface area contributed by atoms with Crippen molar-refractivity contribution in [1.82, 2.24) is 0 Å². The molecule has 0 aromatic carbocycles. The number of hydrogen-bond donors (Lipinski definition) is 1. The van der Waals surface area contributed by atoms with E-state index in [1.54, 1.807) is 26.8 Å². The Morgan fingerprint density at radius 2 is 1.83 bits per heavy atom. The molecule has 0 aromatic rings. The zero-order chi connectivity index (χ0) is 13.9. The van der Waals surface area contributed by atoms with E-state index < -0.39 is 28.1 Å². The van der Waals surface area contributed by atoms with Crippen LogP contribution in [0.1, 0.15) is 20.8 Å². The largest absolute Gasteiger partial charge is 0.386 e. The van der Waals surface area contributed by atoms with Crippen molar-refractivity contribution >= 4 is 17.5 Å². The normalized spacial score (nSPS) is 37.3. The van der Waals surface area contributed by atoms with E-state index in [1.165, 1.54) is 0 Å². The highest BCUT2D eigenvalue weighted by Crippen LogP contribution is 2.73. The average molecular weight is 244 g/mol. The van der Waals surface area contributed by atoms with Crippen LogP contribution in [0.15, 0.2) is 4.99 Å². The van der Waals surface area contributed by atoms with Crippen LogP contribution in [-0.4, -0.2) is 17.5 Å². The van der Waals surface area contributed by atoms with Gasteiger partial charge in [0.05, 0.1) is 18.1 Å². The number of amides is 1. The third-order valence-corrected chi connectivity index (χ3v) is 3.72. The Hall–Kier alpha value is -2.21. The molecule has 2 aliphatic rings. The third-order valence-electron chi connectivity index (χ3n) is 3.72. The second kappa shape index (κ2) is 2.97. The lowest BCUT2D eigenvalue weighted by atomic mass is 9.84. The molecule has 1 amide bonds. The lowest BCUT2D eigenvalue weighted by Gasteiger charge is -2.18. The van der Waals surface area contributed by atoms with Crippen LogP contribution in [0.4, 0.5) is 0 Å². The average Bonchev–Trinajstić information content (AvgIpc) is 2.83. The molecule has 1 saturated carbocycles. The van der Waals surface area contributed by atoms with Gasteiger partial charge in [0.15, 0.2) is 10.8 Å². The fourth-order valence-electron chi connectivity index (χ4n) is 2.64. The maximum Gasteiger partial charge on any atom is 0.270 e. The number of rotatable bonds is 1. The molecule has 6 heteroatoms. The molecule has 0 saturated heterocycles. The minimum atomic E-state index is -1.70. The molecule has 6 nitrogen and oxygen atoms in total. The number of nitrogens with zero attached hydrogens (tertiary/aromatic N) is 3. The second-order valence-electron chi connectivity index (χ2n) is 5.69. The summed E-state index contributed by atoms with van der Waals surface area (Å²) in [4.78, 5) is 27.6. The molecule has 1 aliphatic heterocycles. The first-order valence-electron chi connectivity index (χ1n) is 5.46. The van der Waals surface area contributed by atoms with Crippen LogP contribution in [0.2, 0.25) is 0 Å². The summed E-state index contributed by atoms with van der Waals surface area (Å²) in [5.74, 6) is -2.28. The van der Waals surface area contributed by atoms with Gasteiger partial charge >= 0.3 is 0 Å². The maximum absolute atomic E-state index is 12.3. The SMILES string of the molecule is CC(C)(C)C(=O)[C@@H]1[C@@]2(C#N)C(=O)N=C(N)[C@]12C#N. The number of amidine groups is 1. The first kappa shape index (κ1) is 12.3. The molecular weight excluding hydrogens is 232 g/mol. The zero-order valence-electron chi connectivity index (χ0n) is 10.3. The first-order chi connectivity index (χ1) is 8.20. The number of hydrogen-bond acceptors (Lipinski definition) is 5. The summed E-state index contributed by atoms with van der Waals surface area (Å²) >= 11 is 0. The van der Waals surface area contributed by atoms with E-state index in [0.717, 1.165) is 0 Å². The molecule has 0 aromatic heterocycles. The van der Waals surface area contributed by atoms with Gasteiger partial charge in [0.25, 0.3) is 5.91 Å². The molecule has 1 heterocycles. The number of nitriles is 2. The maximum atomic E-state index is 12.3. The summed E-state index contributed by atoms with van der Waals surface area (Å²) in [6.07, 6.45) is 0. The molecular formula is C12H12N4O2. The fourth-order valence-corrected chi connectivity index (χ4v) is 2.64. The highest BCUT2D eigenvalue weighted by Gasteiger charge is 2.90. The molecule has 0 radical (unpaired) electrons. The Labute approximate surface area is 104 Å². The van der Waals surface area contributed by atoms with Crippen molar-refractivity contribution in [3.8, 4) is 12.1 Å². The minimum absolute atomic E-state index is 0.209. The molecule has 1 aliphatic carbocycles. The molecule has 2 rings (SSSR count). The van der Waals surface area contributed by atoms with Crippen molar-refractivity contribution in [2.75, 3.05) is 0 Å². The quantitative estimate of drug-likeness (QED) is 0.703. The van der Waals surface area contributed by atoms with Gasteiger partial charge in [0.1, 0.15) is 11.6 Å². The zero-order valence-corrected chi connectivity index (χ0v) is 10.3. The standard InChI is InChI=1S/C12H12N4O2/c1-10(2,3)7(17)6-11(4-13)8(15)16-9(18)12(6,11)5-14/h6H,1-3H3,(H2,15,16,18)/t6-,11-,12-/m0/s1. The van der Waals surface area contributed by atoms with Gasteiger partial charge in [0, 0.05) is 5.41 Å². The number of aliphatic imine (C=N–C) groups is 1. The van der Waals surface area contributed by atoms with E-state index >= 15 is 0 Å². The van der Waals surface area contributed by atoms with Crippen LogP contribution >= 0.6 is 0 Å². The number of Topliss-reactive ketones (excluding diaryl/α,β-unsaturated/α-hetero) is 1. The molecule has 0 spiro atoms. The molecule has 0 unspecified atom stereocenters. The lowest BCUT2D eigenvalue weighted by Crippen LogP contribution is -2.31. The Bertz CT molecular complexity index is 587. The van der Waals surface area contributed by atoms with Crippen molar-refractivity contribution in [1.29, 1.82) is 10.5 Å². The first-order valence-corrected chi connectivity index (χ1v) is 5.46. The minimum Gasteiger partial charge on any atom is -0.386 e. The predicted octanol–water partition coefficient (Wildman–Crippen LogP) is 0.149. The molecule has 0 bridgehead atoms. The van der Waals surface area contributed by atoms with Gasteiger partial charge < -0.3 is 5.73 Å². The van der Waals surface area contributed by atoms with Gasteiger partial charge in [-0.1, -0.05) is 20.8 Å². The summed E-state index contributed by atoms with van der Waals surface area (Å²) in [6.45, 7) is 5.03.